The van der Waals surface area contributed by atoms with Crippen molar-refractivity contribution in [1.82, 2.24) is 4.98 Å². The number of esters is 1. The second kappa shape index (κ2) is 6.59. The Bertz CT molecular complexity index is 1110. The number of carbonyl (C=O) groups is 1. The molecule has 1 aromatic carbocycles. The summed E-state index contributed by atoms with van der Waals surface area (Å²) in [4.78, 5) is 18.6. The largest absolute Gasteiger partial charge is 0.468 e. The summed E-state index contributed by atoms with van der Waals surface area (Å²) < 4.78 is 10.5. The molecular formula is C20H14ClNO3S. The average molecular weight is 384 g/mol. The topological polar surface area (TPSA) is 52.3 Å². The zero-order valence-electron chi connectivity index (χ0n) is 14.1. The molecule has 0 unspecified atom stereocenters. The van der Waals surface area contributed by atoms with Crippen LogP contribution in [0.2, 0.25) is 5.02 Å². The number of thiophene rings is 1. The molecule has 3 aromatic heterocycles. The SMILES string of the molecule is COC(=O)c1c(-c2sc3ncccc3c2-c2ccc(Cl)cc2)coc1C. The number of hydrogen-bond acceptors (Lipinski definition) is 5. The van der Waals surface area contributed by atoms with Gasteiger partial charge in [-0.1, -0.05) is 23.7 Å². The molecule has 4 aromatic rings. The molecule has 0 aliphatic rings. The van der Waals surface area contributed by atoms with Gasteiger partial charge in [-0.15, -0.1) is 11.3 Å². The number of benzene rings is 1. The van der Waals surface area contributed by atoms with Crippen LogP contribution < -0.4 is 0 Å². The molecule has 0 spiro atoms. The lowest BCUT2D eigenvalue weighted by atomic mass is 9.98. The summed E-state index contributed by atoms with van der Waals surface area (Å²) in [5, 5.41) is 1.69. The molecule has 0 aliphatic carbocycles. The Hall–Kier alpha value is -2.63. The molecule has 26 heavy (non-hydrogen) atoms. The molecule has 0 saturated heterocycles. The van der Waals surface area contributed by atoms with Crippen molar-refractivity contribution in [1.29, 1.82) is 0 Å². The lowest BCUT2D eigenvalue weighted by Gasteiger charge is -2.06. The van der Waals surface area contributed by atoms with Gasteiger partial charge in [0.05, 0.1) is 7.11 Å². The Morgan fingerprint density at radius 2 is 2.00 bits per heavy atom. The van der Waals surface area contributed by atoms with Crippen molar-refractivity contribution in [2.45, 2.75) is 6.92 Å². The standard InChI is InChI=1S/C20H14ClNO3S/c1-11-16(20(23)24-2)15(10-25-11)18-17(12-5-7-13(21)8-6-12)14-4-3-9-22-19(14)26-18/h3-10H,1-2H3. The van der Waals surface area contributed by atoms with E-state index in [1.165, 1.54) is 18.4 Å². The fraction of sp³-hybridized carbons (Fsp3) is 0.100. The molecule has 0 aliphatic heterocycles. The fourth-order valence-electron chi connectivity index (χ4n) is 3.00. The molecule has 130 valence electrons. The van der Waals surface area contributed by atoms with Crippen molar-refractivity contribution >= 4 is 39.1 Å². The minimum atomic E-state index is -0.418. The van der Waals surface area contributed by atoms with Crippen LogP contribution in [-0.2, 0) is 4.74 Å². The van der Waals surface area contributed by atoms with Crippen molar-refractivity contribution in [2.75, 3.05) is 7.11 Å². The summed E-state index contributed by atoms with van der Waals surface area (Å²) in [7, 11) is 1.37. The van der Waals surface area contributed by atoms with Crippen molar-refractivity contribution in [2.24, 2.45) is 0 Å². The molecule has 3 heterocycles. The van der Waals surface area contributed by atoms with Gasteiger partial charge in [0.25, 0.3) is 0 Å². The number of carbonyl (C=O) groups excluding carboxylic acids is 1. The van der Waals surface area contributed by atoms with Crippen molar-refractivity contribution in [3.05, 3.63) is 65.2 Å². The second-order valence-electron chi connectivity index (χ2n) is 5.74. The molecule has 4 rings (SSSR count). The van der Waals surface area contributed by atoms with Crippen LogP contribution in [0.3, 0.4) is 0 Å². The van der Waals surface area contributed by atoms with E-state index in [2.05, 4.69) is 4.98 Å². The van der Waals surface area contributed by atoms with Gasteiger partial charge in [-0.3, -0.25) is 0 Å². The first-order chi connectivity index (χ1) is 12.6. The molecule has 0 radical (unpaired) electrons. The minimum absolute atomic E-state index is 0.418. The van der Waals surface area contributed by atoms with Gasteiger partial charge in [0.2, 0.25) is 0 Å². The molecule has 0 bridgehead atoms. The zero-order valence-corrected chi connectivity index (χ0v) is 15.6. The van der Waals surface area contributed by atoms with Crippen LogP contribution >= 0.6 is 22.9 Å². The summed E-state index contributed by atoms with van der Waals surface area (Å²) in [5.74, 6) is 0.109. The maximum Gasteiger partial charge on any atom is 0.342 e. The molecule has 0 N–H and O–H groups in total. The van der Waals surface area contributed by atoms with E-state index in [0.717, 1.165) is 26.2 Å². The Labute approximate surface area is 159 Å². The predicted octanol–water partition coefficient (Wildman–Crippen LogP) is 5.97. The summed E-state index contributed by atoms with van der Waals surface area (Å²) in [6, 6.07) is 11.6. The fourth-order valence-corrected chi connectivity index (χ4v) is 4.31. The van der Waals surface area contributed by atoms with E-state index < -0.39 is 5.97 Å². The smallest absolute Gasteiger partial charge is 0.342 e. The summed E-state index contributed by atoms with van der Waals surface area (Å²) in [5.41, 5.74) is 3.15. The Kier molecular flexibility index (Phi) is 4.26. The van der Waals surface area contributed by atoms with E-state index in [0.29, 0.717) is 21.9 Å². The first-order valence-electron chi connectivity index (χ1n) is 7.90. The first kappa shape index (κ1) is 16.8. The van der Waals surface area contributed by atoms with Crippen molar-refractivity contribution < 1.29 is 13.9 Å². The van der Waals surface area contributed by atoms with Crippen molar-refractivity contribution in [3.63, 3.8) is 0 Å². The van der Waals surface area contributed by atoms with Crippen LogP contribution in [0.5, 0.6) is 0 Å². The van der Waals surface area contributed by atoms with Gasteiger partial charge in [0.15, 0.2) is 0 Å². The van der Waals surface area contributed by atoms with E-state index in [4.69, 9.17) is 20.8 Å². The Morgan fingerprint density at radius 1 is 1.23 bits per heavy atom. The van der Waals surface area contributed by atoms with Gasteiger partial charge in [0.1, 0.15) is 22.4 Å². The van der Waals surface area contributed by atoms with Gasteiger partial charge >= 0.3 is 5.97 Å². The highest BCUT2D eigenvalue weighted by molar-refractivity contribution is 7.22. The number of furan rings is 1. The number of pyridine rings is 1. The quantitative estimate of drug-likeness (QED) is 0.409. The Morgan fingerprint density at radius 3 is 2.73 bits per heavy atom. The van der Waals surface area contributed by atoms with Gasteiger partial charge in [-0.25, -0.2) is 9.78 Å². The third-order valence-corrected chi connectivity index (χ3v) is 5.61. The maximum absolute atomic E-state index is 12.3. The number of aryl methyl sites for hydroxylation is 1. The molecule has 6 heteroatoms. The summed E-state index contributed by atoms with van der Waals surface area (Å²) in [6.45, 7) is 1.75. The van der Waals surface area contributed by atoms with E-state index in [1.807, 2.05) is 36.4 Å². The molecule has 0 fully saturated rings. The summed E-state index contributed by atoms with van der Waals surface area (Å²) in [6.07, 6.45) is 3.36. The van der Waals surface area contributed by atoms with Crippen LogP contribution in [0.25, 0.3) is 31.8 Å². The van der Waals surface area contributed by atoms with Crippen LogP contribution in [0.1, 0.15) is 16.1 Å². The Balaban J connectivity index is 2.04. The third-order valence-electron chi connectivity index (χ3n) is 4.21. The van der Waals surface area contributed by atoms with Gasteiger partial charge in [-0.05, 0) is 36.8 Å². The molecule has 0 saturated carbocycles. The number of nitrogens with zero attached hydrogens (tertiary/aromatic N) is 1. The van der Waals surface area contributed by atoms with E-state index in [9.17, 15) is 4.79 Å². The normalized spacial score (nSPS) is 11.0. The third kappa shape index (κ3) is 2.69. The average Bonchev–Trinajstić information content (AvgIpc) is 3.22. The molecule has 0 amide bonds. The van der Waals surface area contributed by atoms with Crippen LogP contribution in [0.4, 0.5) is 0 Å². The highest BCUT2D eigenvalue weighted by Gasteiger charge is 2.25. The predicted molar refractivity (Wildman–Crippen MR) is 104 cm³/mol. The second-order valence-corrected chi connectivity index (χ2v) is 7.18. The molecule has 4 nitrogen and oxygen atoms in total. The summed E-state index contributed by atoms with van der Waals surface area (Å²) >= 11 is 7.57. The lowest BCUT2D eigenvalue weighted by Crippen LogP contribution is -2.03. The van der Waals surface area contributed by atoms with Crippen LogP contribution in [0, 0.1) is 6.92 Å². The number of ether oxygens (including phenoxy) is 1. The number of hydrogen-bond donors (Lipinski definition) is 0. The van der Waals surface area contributed by atoms with Crippen LogP contribution in [0.15, 0.2) is 53.3 Å². The number of halogens is 1. The van der Waals surface area contributed by atoms with Gasteiger partial charge in [0, 0.05) is 32.6 Å². The highest BCUT2D eigenvalue weighted by atomic mass is 35.5. The van der Waals surface area contributed by atoms with E-state index in [-0.39, 0.29) is 0 Å². The van der Waals surface area contributed by atoms with Crippen molar-refractivity contribution in [3.8, 4) is 21.6 Å². The zero-order chi connectivity index (χ0) is 18.3. The number of rotatable bonds is 3. The highest BCUT2D eigenvalue weighted by Crippen LogP contribution is 2.46. The number of aromatic nitrogens is 1. The van der Waals surface area contributed by atoms with E-state index >= 15 is 0 Å². The lowest BCUT2D eigenvalue weighted by molar-refractivity contribution is 0.0599. The van der Waals surface area contributed by atoms with Gasteiger partial charge in [-0.2, -0.15) is 0 Å². The number of fused-ring (bicyclic) bond motifs is 1. The minimum Gasteiger partial charge on any atom is -0.468 e. The van der Waals surface area contributed by atoms with E-state index in [1.54, 1.807) is 19.4 Å². The molecular weight excluding hydrogens is 370 g/mol. The monoisotopic (exact) mass is 383 g/mol. The number of methoxy groups -OCH3 is 1. The van der Waals surface area contributed by atoms with Crippen LogP contribution in [-0.4, -0.2) is 18.1 Å². The maximum atomic E-state index is 12.3. The first-order valence-corrected chi connectivity index (χ1v) is 9.10. The molecule has 0 atom stereocenters. The van der Waals surface area contributed by atoms with Gasteiger partial charge < -0.3 is 9.15 Å².